The maximum atomic E-state index is 8.87. The number of benzene rings is 1. The van der Waals surface area contributed by atoms with Crippen LogP contribution in [-0.2, 0) is 13.5 Å². The molecule has 1 aromatic carbocycles. The SMILES string of the molecule is C[C@H](Nc1nc(Cl)nc(Cc2cn(C)cn2)n1)c1ccc(C#N)cc1. The highest BCUT2D eigenvalue weighted by atomic mass is 35.5. The molecule has 0 unspecified atom stereocenters. The monoisotopic (exact) mass is 353 g/mol. The molecule has 2 aromatic heterocycles. The standard InChI is InChI=1S/C17H16ClN7/c1-11(13-5-3-12(8-19)4-6-13)21-17-23-15(22-16(18)24-17)7-14-9-25(2)10-20-14/h3-6,9-11H,7H2,1-2H3,(H,21,22,23,24)/t11-/m0/s1. The van der Waals surface area contributed by atoms with E-state index in [9.17, 15) is 0 Å². The van der Waals surface area contributed by atoms with Gasteiger partial charge in [-0.05, 0) is 36.2 Å². The summed E-state index contributed by atoms with van der Waals surface area (Å²) < 4.78 is 1.87. The van der Waals surface area contributed by atoms with E-state index in [4.69, 9.17) is 16.9 Å². The summed E-state index contributed by atoms with van der Waals surface area (Å²) in [6.45, 7) is 1.98. The van der Waals surface area contributed by atoms with Gasteiger partial charge in [0.2, 0.25) is 11.2 Å². The van der Waals surface area contributed by atoms with Crippen LogP contribution in [0.3, 0.4) is 0 Å². The Morgan fingerprint density at radius 2 is 2.00 bits per heavy atom. The number of imidazole rings is 1. The van der Waals surface area contributed by atoms with Gasteiger partial charge < -0.3 is 9.88 Å². The third-order valence-corrected chi connectivity index (χ3v) is 3.81. The molecule has 3 rings (SSSR count). The summed E-state index contributed by atoms with van der Waals surface area (Å²) in [4.78, 5) is 17.0. The number of aryl methyl sites for hydroxylation is 1. The molecule has 3 aromatic rings. The second kappa shape index (κ2) is 7.28. The highest BCUT2D eigenvalue weighted by Crippen LogP contribution is 2.18. The van der Waals surface area contributed by atoms with E-state index >= 15 is 0 Å². The number of hydrogen-bond donors (Lipinski definition) is 1. The summed E-state index contributed by atoms with van der Waals surface area (Å²) in [6, 6.07) is 9.41. The van der Waals surface area contributed by atoms with E-state index in [-0.39, 0.29) is 11.3 Å². The molecule has 0 aliphatic heterocycles. The van der Waals surface area contributed by atoms with Gasteiger partial charge in [-0.25, -0.2) is 9.97 Å². The topological polar surface area (TPSA) is 92.3 Å². The first-order valence-electron chi connectivity index (χ1n) is 7.67. The third kappa shape index (κ3) is 4.31. The van der Waals surface area contributed by atoms with Crippen molar-refractivity contribution < 1.29 is 0 Å². The zero-order valence-electron chi connectivity index (χ0n) is 13.8. The molecule has 0 aliphatic carbocycles. The number of nitriles is 1. The van der Waals surface area contributed by atoms with E-state index in [1.54, 1.807) is 18.5 Å². The van der Waals surface area contributed by atoms with E-state index in [0.717, 1.165) is 11.3 Å². The van der Waals surface area contributed by atoms with Crippen molar-refractivity contribution in [1.29, 1.82) is 5.26 Å². The van der Waals surface area contributed by atoms with Gasteiger partial charge in [-0.3, -0.25) is 0 Å². The minimum absolute atomic E-state index is 0.0473. The number of nitrogens with one attached hydrogen (secondary N) is 1. The Morgan fingerprint density at radius 3 is 2.64 bits per heavy atom. The average molecular weight is 354 g/mol. The lowest BCUT2D eigenvalue weighted by molar-refractivity contribution is 0.832. The quantitative estimate of drug-likeness (QED) is 0.758. The Bertz CT molecular complexity index is 911. The van der Waals surface area contributed by atoms with Gasteiger partial charge >= 0.3 is 0 Å². The van der Waals surface area contributed by atoms with E-state index in [0.29, 0.717) is 23.8 Å². The van der Waals surface area contributed by atoms with Crippen LogP contribution in [0.5, 0.6) is 0 Å². The zero-order valence-corrected chi connectivity index (χ0v) is 14.6. The lowest BCUT2D eigenvalue weighted by atomic mass is 10.1. The van der Waals surface area contributed by atoms with Crippen LogP contribution < -0.4 is 5.32 Å². The van der Waals surface area contributed by atoms with Crippen molar-refractivity contribution in [3.05, 3.63) is 64.7 Å². The molecule has 0 bridgehead atoms. The van der Waals surface area contributed by atoms with Crippen LogP contribution in [0.1, 0.15) is 35.6 Å². The van der Waals surface area contributed by atoms with Crippen molar-refractivity contribution in [2.75, 3.05) is 5.32 Å². The Labute approximate surface area is 150 Å². The van der Waals surface area contributed by atoms with Crippen molar-refractivity contribution in [2.24, 2.45) is 7.05 Å². The lowest BCUT2D eigenvalue weighted by Gasteiger charge is -2.14. The van der Waals surface area contributed by atoms with Crippen LogP contribution in [0.4, 0.5) is 5.95 Å². The highest BCUT2D eigenvalue weighted by Gasteiger charge is 2.11. The largest absolute Gasteiger partial charge is 0.348 e. The maximum absolute atomic E-state index is 8.87. The molecule has 25 heavy (non-hydrogen) atoms. The summed E-state index contributed by atoms with van der Waals surface area (Å²) in [7, 11) is 1.91. The van der Waals surface area contributed by atoms with Gasteiger partial charge in [-0.2, -0.15) is 15.2 Å². The molecule has 0 saturated carbocycles. The fourth-order valence-corrected chi connectivity index (χ4v) is 2.56. The van der Waals surface area contributed by atoms with E-state index in [1.165, 1.54) is 0 Å². The Kier molecular flexibility index (Phi) is 4.91. The van der Waals surface area contributed by atoms with E-state index in [1.807, 2.05) is 36.9 Å². The van der Waals surface area contributed by atoms with Gasteiger partial charge in [-0.1, -0.05) is 12.1 Å². The number of hydrogen-bond acceptors (Lipinski definition) is 6. The van der Waals surface area contributed by atoms with Crippen molar-refractivity contribution in [1.82, 2.24) is 24.5 Å². The normalized spacial score (nSPS) is 11.8. The predicted molar refractivity (Wildman–Crippen MR) is 94.0 cm³/mol. The van der Waals surface area contributed by atoms with Gasteiger partial charge in [0.1, 0.15) is 5.82 Å². The smallest absolute Gasteiger partial charge is 0.227 e. The Morgan fingerprint density at radius 1 is 1.24 bits per heavy atom. The average Bonchev–Trinajstić information content (AvgIpc) is 2.99. The summed E-state index contributed by atoms with van der Waals surface area (Å²) in [5.41, 5.74) is 2.49. The molecule has 0 amide bonds. The van der Waals surface area contributed by atoms with Crippen LogP contribution in [0.25, 0.3) is 0 Å². The highest BCUT2D eigenvalue weighted by molar-refractivity contribution is 6.28. The second-order valence-corrected chi connectivity index (χ2v) is 5.99. The molecule has 0 radical (unpaired) electrons. The molecule has 126 valence electrons. The van der Waals surface area contributed by atoms with Crippen LogP contribution in [0.2, 0.25) is 5.28 Å². The van der Waals surface area contributed by atoms with Crippen molar-refractivity contribution in [3.8, 4) is 6.07 Å². The number of nitrogens with zero attached hydrogens (tertiary/aromatic N) is 6. The molecule has 1 atom stereocenters. The van der Waals surface area contributed by atoms with Crippen LogP contribution >= 0.6 is 11.6 Å². The molecule has 0 fully saturated rings. The Balaban J connectivity index is 1.76. The predicted octanol–water partition coefficient (Wildman–Crippen LogP) is 2.89. The van der Waals surface area contributed by atoms with Crippen LogP contribution in [-0.4, -0.2) is 24.5 Å². The second-order valence-electron chi connectivity index (χ2n) is 5.65. The van der Waals surface area contributed by atoms with Crippen molar-refractivity contribution in [3.63, 3.8) is 0 Å². The van der Waals surface area contributed by atoms with E-state index < -0.39 is 0 Å². The first-order chi connectivity index (χ1) is 12.0. The molecule has 7 nitrogen and oxygen atoms in total. The number of aromatic nitrogens is 5. The van der Waals surface area contributed by atoms with Gasteiger partial charge in [0, 0.05) is 13.2 Å². The Hall–Kier alpha value is -2.98. The van der Waals surface area contributed by atoms with Gasteiger partial charge in [0.05, 0.1) is 36.1 Å². The first kappa shape index (κ1) is 16.9. The molecule has 1 N–H and O–H groups in total. The number of anilines is 1. The third-order valence-electron chi connectivity index (χ3n) is 3.64. The van der Waals surface area contributed by atoms with Crippen molar-refractivity contribution >= 4 is 17.5 Å². The minimum Gasteiger partial charge on any atom is -0.348 e. The summed E-state index contributed by atoms with van der Waals surface area (Å²) in [5.74, 6) is 0.955. The number of halogens is 1. The van der Waals surface area contributed by atoms with E-state index in [2.05, 4.69) is 31.3 Å². The molecular formula is C17H16ClN7. The first-order valence-corrected chi connectivity index (χ1v) is 8.05. The van der Waals surface area contributed by atoms with Gasteiger partial charge in [0.25, 0.3) is 0 Å². The maximum Gasteiger partial charge on any atom is 0.227 e. The lowest BCUT2D eigenvalue weighted by Crippen LogP contribution is -2.12. The van der Waals surface area contributed by atoms with Gasteiger partial charge in [0.15, 0.2) is 0 Å². The minimum atomic E-state index is -0.0473. The molecule has 0 aliphatic rings. The fraction of sp³-hybridized carbons (Fsp3) is 0.235. The summed E-state index contributed by atoms with van der Waals surface area (Å²) >= 11 is 6.03. The van der Waals surface area contributed by atoms with Crippen LogP contribution in [0, 0.1) is 11.3 Å². The summed E-state index contributed by atoms with van der Waals surface area (Å²) in [6.07, 6.45) is 4.11. The molecule has 2 heterocycles. The molecular weight excluding hydrogens is 338 g/mol. The van der Waals surface area contributed by atoms with Gasteiger partial charge in [-0.15, -0.1) is 0 Å². The summed E-state index contributed by atoms with van der Waals surface area (Å²) in [5, 5.41) is 12.2. The zero-order chi connectivity index (χ0) is 17.8. The number of rotatable bonds is 5. The van der Waals surface area contributed by atoms with Crippen molar-refractivity contribution in [2.45, 2.75) is 19.4 Å². The molecule has 0 saturated heterocycles. The van der Waals surface area contributed by atoms with Crippen LogP contribution in [0.15, 0.2) is 36.8 Å². The fourth-order valence-electron chi connectivity index (χ4n) is 2.38. The molecule has 8 heteroatoms. The molecule has 0 spiro atoms.